The molecule has 1 saturated carbocycles. The normalized spacial score (nSPS) is 30.5. The average molecular weight is 366 g/mol. The SMILES string of the molecule is COCC1(C(=O)N2CCN(C3CCC(C(C)C)CC3)CC2)CCNCC1. The highest BCUT2D eigenvalue weighted by Gasteiger charge is 2.43. The number of piperazine rings is 1. The summed E-state index contributed by atoms with van der Waals surface area (Å²) in [4.78, 5) is 18.0. The predicted octanol–water partition coefficient (Wildman–Crippen LogP) is 2.36. The van der Waals surface area contributed by atoms with Crippen LogP contribution < -0.4 is 5.32 Å². The Kier molecular flexibility index (Phi) is 6.98. The topological polar surface area (TPSA) is 44.8 Å². The summed E-state index contributed by atoms with van der Waals surface area (Å²) in [6.45, 7) is 11.0. The standard InChI is InChI=1S/C21H39N3O2/c1-17(2)18-4-6-19(7-5-18)23-12-14-24(15-13-23)20(25)21(16-26-3)8-10-22-11-9-21/h17-19,22H,4-16H2,1-3H3. The van der Waals surface area contributed by atoms with Crippen LogP contribution in [0.1, 0.15) is 52.4 Å². The summed E-state index contributed by atoms with van der Waals surface area (Å²) in [6, 6.07) is 0.745. The van der Waals surface area contributed by atoms with Crippen LogP contribution in [-0.4, -0.2) is 74.7 Å². The Hall–Kier alpha value is -0.650. The summed E-state index contributed by atoms with van der Waals surface area (Å²) in [5.41, 5.74) is -0.294. The second-order valence-electron chi connectivity index (χ2n) is 9.10. The van der Waals surface area contributed by atoms with Gasteiger partial charge in [-0.1, -0.05) is 13.8 Å². The van der Waals surface area contributed by atoms with Crippen molar-refractivity contribution in [2.45, 2.75) is 58.4 Å². The van der Waals surface area contributed by atoms with Crippen molar-refractivity contribution < 1.29 is 9.53 Å². The molecule has 3 rings (SSSR count). The molecule has 2 saturated heterocycles. The third-order valence-electron chi connectivity index (χ3n) is 7.24. The molecule has 2 heterocycles. The summed E-state index contributed by atoms with van der Waals surface area (Å²) in [7, 11) is 1.72. The number of hydrogen-bond acceptors (Lipinski definition) is 4. The van der Waals surface area contributed by atoms with Crippen LogP contribution in [0.5, 0.6) is 0 Å². The lowest BCUT2D eigenvalue weighted by Crippen LogP contribution is -2.58. The number of methoxy groups -OCH3 is 1. The van der Waals surface area contributed by atoms with Gasteiger partial charge in [0.15, 0.2) is 0 Å². The Morgan fingerprint density at radius 1 is 1.08 bits per heavy atom. The molecule has 0 radical (unpaired) electrons. The Balaban J connectivity index is 1.51. The minimum atomic E-state index is -0.294. The highest BCUT2D eigenvalue weighted by molar-refractivity contribution is 5.83. The molecule has 0 spiro atoms. The van der Waals surface area contributed by atoms with E-state index in [9.17, 15) is 4.79 Å². The second kappa shape index (κ2) is 9.03. The number of ether oxygens (including phenoxy) is 1. The third-order valence-corrected chi connectivity index (χ3v) is 7.24. The minimum Gasteiger partial charge on any atom is -0.384 e. The molecule has 1 N–H and O–H groups in total. The molecule has 5 heteroatoms. The fourth-order valence-corrected chi connectivity index (χ4v) is 5.36. The first-order valence-corrected chi connectivity index (χ1v) is 10.8. The predicted molar refractivity (Wildman–Crippen MR) is 105 cm³/mol. The molecule has 3 aliphatic rings. The zero-order valence-corrected chi connectivity index (χ0v) is 17.1. The Morgan fingerprint density at radius 3 is 2.23 bits per heavy atom. The van der Waals surface area contributed by atoms with Crippen molar-refractivity contribution >= 4 is 5.91 Å². The third kappa shape index (κ3) is 4.42. The maximum atomic E-state index is 13.3. The minimum absolute atomic E-state index is 0.294. The molecule has 0 unspecified atom stereocenters. The van der Waals surface area contributed by atoms with Gasteiger partial charge in [0.1, 0.15) is 0 Å². The maximum absolute atomic E-state index is 13.3. The quantitative estimate of drug-likeness (QED) is 0.812. The van der Waals surface area contributed by atoms with Crippen molar-refractivity contribution in [3.05, 3.63) is 0 Å². The molecule has 1 amide bonds. The lowest BCUT2D eigenvalue weighted by atomic mass is 9.78. The van der Waals surface area contributed by atoms with Gasteiger partial charge in [0.25, 0.3) is 0 Å². The van der Waals surface area contributed by atoms with Crippen molar-refractivity contribution in [3.63, 3.8) is 0 Å². The largest absolute Gasteiger partial charge is 0.384 e. The molecule has 0 atom stereocenters. The van der Waals surface area contributed by atoms with E-state index in [4.69, 9.17) is 4.74 Å². The Bertz CT molecular complexity index is 441. The van der Waals surface area contributed by atoms with Crippen LogP contribution in [0, 0.1) is 17.3 Å². The summed E-state index contributed by atoms with van der Waals surface area (Å²) in [5, 5.41) is 3.38. The van der Waals surface area contributed by atoms with Gasteiger partial charge in [0.2, 0.25) is 5.91 Å². The van der Waals surface area contributed by atoms with Crippen molar-refractivity contribution in [1.29, 1.82) is 0 Å². The number of amides is 1. The molecule has 5 nitrogen and oxygen atoms in total. The van der Waals surface area contributed by atoms with Gasteiger partial charge >= 0.3 is 0 Å². The van der Waals surface area contributed by atoms with Gasteiger partial charge in [-0.15, -0.1) is 0 Å². The van der Waals surface area contributed by atoms with Crippen LogP contribution in [0.25, 0.3) is 0 Å². The smallest absolute Gasteiger partial charge is 0.231 e. The molecular weight excluding hydrogens is 326 g/mol. The molecule has 0 aromatic rings. The van der Waals surface area contributed by atoms with Crippen molar-refractivity contribution in [2.24, 2.45) is 17.3 Å². The van der Waals surface area contributed by atoms with Crippen LogP contribution >= 0.6 is 0 Å². The monoisotopic (exact) mass is 365 g/mol. The van der Waals surface area contributed by atoms with Crippen LogP contribution in [0.15, 0.2) is 0 Å². The molecule has 150 valence electrons. The lowest BCUT2D eigenvalue weighted by Gasteiger charge is -2.45. The van der Waals surface area contributed by atoms with Crippen molar-refractivity contribution in [3.8, 4) is 0 Å². The van der Waals surface area contributed by atoms with Gasteiger partial charge in [0, 0.05) is 39.3 Å². The fourth-order valence-electron chi connectivity index (χ4n) is 5.36. The zero-order chi connectivity index (χ0) is 18.6. The summed E-state index contributed by atoms with van der Waals surface area (Å²) < 4.78 is 5.46. The highest BCUT2D eigenvalue weighted by Crippen LogP contribution is 2.34. The molecule has 26 heavy (non-hydrogen) atoms. The first-order valence-electron chi connectivity index (χ1n) is 10.8. The van der Waals surface area contributed by atoms with Crippen molar-refractivity contribution in [1.82, 2.24) is 15.1 Å². The molecule has 0 aromatic carbocycles. The average Bonchev–Trinajstić information content (AvgIpc) is 2.68. The van der Waals surface area contributed by atoms with Gasteiger partial charge in [-0.25, -0.2) is 0 Å². The van der Waals surface area contributed by atoms with E-state index in [-0.39, 0.29) is 5.41 Å². The van der Waals surface area contributed by atoms with Gasteiger partial charge in [-0.2, -0.15) is 0 Å². The first-order chi connectivity index (χ1) is 12.6. The molecule has 0 bridgehead atoms. The van der Waals surface area contributed by atoms with Crippen LogP contribution in [-0.2, 0) is 9.53 Å². The maximum Gasteiger partial charge on any atom is 0.231 e. The van der Waals surface area contributed by atoms with Crippen LogP contribution in [0.4, 0.5) is 0 Å². The fraction of sp³-hybridized carbons (Fsp3) is 0.952. The second-order valence-corrected chi connectivity index (χ2v) is 9.10. The van der Waals surface area contributed by atoms with E-state index in [1.165, 1.54) is 25.7 Å². The van der Waals surface area contributed by atoms with E-state index in [0.29, 0.717) is 12.5 Å². The number of nitrogens with one attached hydrogen (secondary N) is 1. The number of hydrogen-bond donors (Lipinski definition) is 1. The molecular formula is C21H39N3O2. The van der Waals surface area contributed by atoms with Gasteiger partial charge in [-0.05, 0) is 63.5 Å². The Labute approximate surface area is 159 Å². The number of carbonyl (C=O) groups is 1. The number of carbonyl (C=O) groups excluding carboxylic acids is 1. The van der Waals surface area contributed by atoms with Gasteiger partial charge in [-0.3, -0.25) is 9.69 Å². The van der Waals surface area contributed by atoms with E-state index < -0.39 is 0 Å². The van der Waals surface area contributed by atoms with E-state index in [1.807, 2.05) is 0 Å². The van der Waals surface area contributed by atoms with E-state index >= 15 is 0 Å². The lowest BCUT2D eigenvalue weighted by molar-refractivity contribution is -0.149. The number of rotatable bonds is 5. The molecule has 0 aromatic heterocycles. The van der Waals surface area contributed by atoms with Crippen LogP contribution in [0.3, 0.4) is 0 Å². The number of nitrogens with zero attached hydrogens (tertiary/aromatic N) is 2. The van der Waals surface area contributed by atoms with E-state index in [1.54, 1.807) is 7.11 Å². The molecule has 1 aliphatic carbocycles. The summed E-state index contributed by atoms with van der Waals surface area (Å²) >= 11 is 0. The van der Waals surface area contributed by atoms with E-state index in [0.717, 1.165) is 70.0 Å². The Morgan fingerprint density at radius 2 is 1.69 bits per heavy atom. The zero-order valence-electron chi connectivity index (χ0n) is 17.1. The van der Waals surface area contributed by atoms with Gasteiger partial charge in [0.05, 0.1) is 12.0 Å². The number of piperidine rings is 1. The first kappa shape index (κ1) is 20.1. The van der Waals surface area contributed by atoms with E-state index in [2.05, 4.69) is 29.0 Å². The van der Waals surface area contributed by atoms with Gasteiger partial charge < -0.3 is 15.0 Å². The summed E-state index contributed by atoms with van der Waals surface area (Å²) in [6.07, 6.45) is 7.25. The highest BCUT2D eigenvalue weighted by atomic mass is 16.5. The van der Waals surface area contributed by atoms with Crippen molar-refractivity contribution in [2.75, 3.05) is 53.0 Å². The van der Waals surface area contributed by atoms with Crippen LogP contribution in [0.2, 0.25) is 0 Å². The molecule has 2 aliphatic heterocycles. The molecule has 3 fully saturated rings. The summed E-state index contributed by atoms with van der Waals surface area (Å²) in [5.74, 6) is 2.08.